The zero-order valence-electron chi connectivity index (χ0n) is 18.8. The summed E-state index contributed by atoms with van der Waals surface area (Å²) >= 11 is 0. The Labute approximate surface area is 197 Å². The van der Waals surface area contributed by atoms with Crippen LogP contribution < -0.4 is 19.5 Å². The SMILES string of the molecule is c1cc(-c2ccc3c(c2)OCCO3)n2nc(Nc3ccc(OCCN4CCCC4)nc3)nc2c1. The normalized spacial score (nSPS) is 15.5. The lowest BCUT2D eigenvalue weighted by Crippen LogP contribution is -2.25. The molecule has 6 rings (SSSR count). The molecule has 1 saturated heterocycles. The van der Waals surface area contributed by atoms with E-state index in [-0.39, 0.29) is 0 Å². The number of hydrogen-bond acceptors (Lipinski definition) is 8. The maximum atomic E-state index is 5.79. The molecule has 1 fully saturated rings. The number of hydrogen-bond donors (Lipinski definition) is 1. The maximum Gasteiger partial charge on any atom is 0.247 e. The fourth-order valence-corrected chi connectivity index (χ4v) is 4.33. The van der Waals surface area contributed by atoms with Crippen molar-refractivity contribution in [3.05, 3.63) is 54.7 Å². The monoisotopic (exact) mass is 458 g/mol. The predicted molar refractivity (Wildman–Crippen MR) is 128 cm³/mol. The Hall–Kier alpha value is -3.85. The summed E-state index contributed by atoms with van der Waals surface area (Å²) in [5.74, 6) is 2.62. The number of nitrogens with zero attached hydrogens (tertiary/aromatic N) is 5. The van der Waals surface area contributed by atoms with Crippen LogP contribution >= 0.6 is 0 Å². The first-order valence-corrected chi connectivity index (χ1v) is 11.7. The number of likely N-dealkylation sites (tertiary alicyclic amines) is 1. The molecule has 2 aliphatic rings. The number of fused-ring (bicyclic) bond motifs is 2. The Kier molecular flexibility index (Phi) is 5.60. The van der Waals surface area contributed by atoms with E-state index in [1.54, 1.807) is 6.20 Å². The Morgan fingerprint density at radius 1 is 0.971 bits per heavy atom. The molecule has 34 heavy (non-hydrogen) atoms. The van der Waals surface area contributed by atoms with Crippen LogP contribution in [0.5, 0.6) is 17.4 Å². The van der Waals surface area contributed by atoms with Crippen molar-refractivity contribution in [2.45, 2.75) is 12.8 Å². The lowest BCUT2D eigenvalue weighted by Gasteiger charge is -2.19. The summed E-state index contributed by atoms with van der Waals surface area (Å²) in [5.41, 5.74) is 3.42. The summed E-state index contributed by atoms with van der Waals surface area (Å²) in [7, 11) is 0. The second-order valence-electron chi connectivity index (χ2n) is 8.38. The van der Waals surface area contributed by atoms with E-state index in [0.717, 1.165) is 40.6 Å². The van der Waals surface area contributed by atoms with E-state index in [0.29, 0.717) is 31.6 Å². The molecule has 9 nitrogen and oxygen atoms in total. The van der Waals surface area contributed by atoms with Gasteiger partial charge in [-0.05, 0) is 62.3 Å². The first-order chi connectivity index (χ1) is 16.8. The van der Waals surface area contributed by atoms with Gasteiger partial charge in [0, 0.05) is 18.2 Å². The molecule has 0 unspecified atom stereocenters. The van der Waals surface area contributed by atoms with Crippen molar-refractivity contribution in [3.63, 3.8) is 0 Å². The predicted octanol–water partition coefficient (Wildman–Crippen LogP) is 3.78. The standard InChI is InChI=1S/C25H26N6O3/c1-2-11-30(10-1)12-13-34-24-9-7-19(17-26-24)27-25-28-23-5-3-4-20(31(23)29-25)18-6-8-21-22(16-18)33-15-14-32-21/h3-9,16-17H,1-2,10-15H2,(H,27,29). The van der Waals surface area contributed by atoms with Gasteiger partial charge in [0.2, 0.25) is 11.8 Å². The fourth-order valence-electron chi connectivity index (χ4n) is 4.33. The summed E-state index contributed by atoms with van der Waals surface area (Å²) in [5, 5.41) is 7.91. The highest BCUT2D eigenvalue weighted by molar-refractivity contribution is 5.67. The van der Waals surface area contributed by atoms with E-state index < -0.39 is 0 Å². The molecule has 1 N–H and O–H groups in total. The molecule has 0 aliphatic carbocycles. The number of aromatic nitrogens is 4. The number of pyridine rings is 2. The molecule has 4 aromatic rings. The van der Waals surface area contributed by atoms with Gasteiger partial charge in [0.15, 0.2) is 17.1 Å². The molecule has 0 spiro atoms. The zero-order valence-corrected chi connectivity index (χ0v) is 18.8. The van der Waals surface area contributed by atoms with Crippen LogP contribution in [0, 0.1) is 0 Å². The molecule has 2 aliphatic heterocycles. The molecule has 0 saturated carbocycles. The van der Waals surface area contributed by atoms with Crippen LogP contribution in [-0.2, 0) is 0 Å². The van der Waals surface area contributed by atoms with Crippen LogP contribution in [-0.4, -0.2) is 63.9 Å². The van der Waals surface area contributed by atoms with Gasteiger partial charge < -0.3 is 19.5 Å². The summed E-state index contributed by atoms with van der Waals surface area (Å²) in [6.07, 6.45) is 4.31. The molecule has 9 heteroatoms. The molecular weight excluding hydrogens is 432 g/mol. The van der Waals surface area contributed by atoms with Gasteiger partial charge >= 0.3 is 0 Å². The summed E-state index contributed by atoms with van der Waals surface area (Å²) in [6.45, 7) is 5.05. The third-order valence-corrected chi connectivity index (χ3v) is 6.05. The average Bonchev–Trinajstić information content (AvgIpc) is 3.54. The molecule has 0 radical (unpaired) electrons. The van der Waals surface area contributed by atoms with E-state index >= 15 is 0 Å². The minimum atomic E-state index is 0.495. The largest absolute Gasteiger partial charge is 0.486 e. The second-order valence-corrected chi connectivity index (χ2v) is 8.38. The quantitative estimate of drug-likeness (QED) is 0.448. The summed E-state index contributed by atoms with van der Waals surface area (Å²) < 4.78 is 19.0. The highest BCUT2D eigenvalue weighted by Gasteiger charge is 2.15. The number of ether oxygens (including phenoxy) is 3. The van der Waals surface area contributed by atoms with Crippen molar-refractivity contribution >= 4 is 17.3 Å². The van der Waals surface area contributed by atoms with Crippen LogP contribution in [0.1, 0.15) is 12.8 Å². The summed E-state index contributed by atoms with van der Waals surface area (Å²) in [4.78, 5) is 11.4. The molecular formula is C25H26N6O3. The smallest absolute Gasteiger partial charge is 0.247 e. The third-order valence-electron chi connectivity index (χ3n) is 6.05. The Bertz CT molecular complexity index is 1280. The molecule has 3 aromatic heterocycles. The van der Waals surface area contributed by atoms with Crippen LogP contribution in [0.4, 0.5) is 11.6 Å². The lowest BCUT2D eigenvalue weighted by atomic mass is 10.1. The van der Waals surface area contributed by atoms with E-state index in [1.165, 1.54) is 25.9 Å². The van der Waals surface area contributed by atoms with Gasteiger partial charge in [-0.1, -0.05) is 6.07 Å². The summed E-state index contributed by atoms with van der Waals surface area (Å²) in [6, 6.07) is 15.6. The van der Waals surface area contributed by atoms with Gasteiger partial charge in [-0.3, -0.25) is 4.90 Å². The van der Waals surface area contributed by atoms with Gasteiger partial charge in [-0.15, -0.1) is 5.10 Å². The highest BCUT2D eigenvalue weighted by Crippen LogP contribution is 2.34. The van der Waals surface area contributed by atoms with Crippen LogP contribution in [0.3, 0.4) is 0 Å². The zero-order chi connectivity index (χ0) is 22.7. The van der Waals surface area contributed by atoms with Gasteiger partial charge in [0.1, 0.15) is 19.8 Å². The molecule has 1 aromatic carbocycles. The highest BCUT2D eigenvalue weighted by atomic mass is 16.6. The molecule has 0 atom stereocenters. The fraction of sp³-hybridized carbons (Fsp3) is 0.320. The van der Waals surface area contributed by atoms with E-state index in [4.69, 9.17) is 14.2 Å². The van der Waals surface area contributed by atoms with Crippen LogP contribution in [0.2, 0.25) is 0 Å². The minimum Gasteiger partial charge on any atom is -0.486 e. The van der Waals surface area contributed by atoms with Crippen molar-refractivity contribution in [2.75, 3.05) is 44.8 Å². The van der Waals surface area contributed by atoms with Crippen LogP contribution in [0.15, 0.2) is 54.7 Å². The Balaban J connectivity index is 1.16. The van der Waals surface area contributed by atoms with E-state index in [1.807, 2.05) is 53.0 Å². The van der Waals surface area contributed by atoms with Crippen molar-refractivity contribution in [1.29, 1.82) is 0 Å². The molecule has 0 bridgehead atoms. The minimum absolute atomic E-state index is 0.495. The average molecular weight is 459 g/mol. The van der Waals surface area contributed by atoms with Gasteiger partial charge in [-0.2, -0.15) is 4.98 Å². The van der Waals surface area contributed by atoms with Crippen LogP contribution in [0.25, 0.3) is 16.9 Å². The number of nitrogens with one attached hydrogen (secondary N) is 1. The first-order valence-electron chi connectivity index (χ1n) is 11.7. The topological polar surface area (TPSA) is 86.0 Å². The van der Waals surface area contributed by atoms with E-state index in [9.17, 15) is 0 Å². The van der Waals surface area contributed by atoms with Gasteiger partial charge in [0.25, 0.3) is 0 Å². The van der Waals surface area contributed by atoms with Gasteiger partial charge in [-0.25, -0.2) is 9.50 Å². The van der Waals surface area contributed by atoms with Crippen molar-refractivity contribution in [1.82, 2.24) is 24.5 Å². The molecule has 5 heterocycles. The maximum absolute atomic E-state index is 5.79. The number of anilines is 2. The first kappa shape index (κ1) is 20.7. The molecule has 0 amide bonds. The Morgan fingerprint density at radius 2 is 1.85 bits per heavy atom. The van der Waals surface area contributed by atoms with E-state index in [2.05, 4.69) is 25.3 Å². The number of rotatable bonds is 7. The lowest BCUT2D eigenvalue weighted by molar-refractivity contribution is 0.171. The van der Waals surface area contributed by atoms with Crippen molar-refractivity contribution < 1.29 is 14.2 Å². The molecule has 174 valence electrons. The van der Waals surface area contributed by atoms with Crippen molar-refractivity contribution in [3.8, 4) is 28.6 Å². The number of benzene rings is 1. The second kappa shape index (κ2) is 9.18. The third kappa shape index (κ3) is 4.34. The van der Waals surface area contributed by atoms with Crippen molar-refractivity contribution in [2.24, 2.45) is 0 Å². The Morgan fingerprint density at radius 3 is 2.71 bits per heavy atom. The van der Waals surface area contributed by atoms with Gasteiger partial charge in [0.05, 0.1) is 17.6 Å².